The van der Waals surface area contributed by atoms with Gasteiger partial charge in [-0.15, -0.1) is 0 Å². The summed E-state index contributed by atoms with van der Waals surface area (Å²) in [6.45, 7) is 3.20. The van der Waals surface area contributed by atoms with Crippen LogP contribution in [0, 0.1) is 0 Å². The summed E-state index contributed by atoms with van der Waals surface area (Å²) in [4.78, 5) is 27.9. The fourth-order valence-corrected chi connectivity index (χ4v) is 16.2. The van der Waals surface area contributed by atoms with Gasteiger partial charge in [0.1, 0.15) is 173 Å². The number of hydrogen-bond donors (Lipinski definition) is 3. The van der Waals surface area contributed by atoms with Crippen molar-refractivity contribution in [2.24, 2.45) is 0 Å². The molecule has 138 heavy (non-hydrogen) atoms. The first-order valence-electron chi connectivity index (χ1n) is 45.6. The SMILES string of the molecule is O=C(Nc1ccc(S(=O)(=O)NC(=O)[C@@H]2CCCN2)cc1)c1cc(OCc2cc(OCc3cc(OCc4ccccc4)cc(OCc4ccccc4)c3)cc(OCc3cc(OCc4ccccc4)cc(OCc4ccccc4)c3)c2)cc(OCc2cc(OCc3cc(OCc4ccccc4)cc(OCc4ccccc4)c3)cc(OCc3cc(OCc4ccccc4)cc(OCc4ccccc4)c3)c2)c1. The van der Waals surface area contributed by atoms with Crippen molar-refractivity contribution in [2.75, 3.05) is 11.9 Å². The molecule has 0 radical (unpaired) electrons. The highest BCUT2D eigenvalue weighted by molar-refractivity contribution is 7.90. The molecule has 1 aliphatic rings. The third kappa shape index (κ3) is 28.8. The van der Waals surface area contributed by atoms with Crippen LogP contribution in [-0.4, -0.2) is 32.8 Å². The molecule has 1 saturated heterocycles. The van der Waals surface area contributed by atoms with E-state index in [2.05, 4.69) is 15.4 Å². The van der Waals surface area contributed by atoms with Crippen LogP contribution in [0.2, 0.25) is 0 Å². The summed E-state index contributed by atoms with van der Waals surface area (Å²) in [6.07, 6.45) is 1.24. The molecule has 696 valence electrons. The average molecular weight is 1860 g/mol. The monoisotopic (exact) mass is 1860 g/mol. The van der Waals surface area contributed by atoms with Gasteiger partial charge in [-0.05, 0) is 206 Å². The topological polar surface area (TPSA) is 234 Å². The van der Waals surface area contributed by atoms with Crippen LogP contribution in [0.4, 0.5) is 5.69 Å². The Labute approximate surface area is 803 Å². The first kappa shape index (κ1) is 93.4. The summed E-state index contributed by atoms with van der Waals surface area (Å²) in [5, 5.41) is 5.98. The van der Waals surface area contributed by atoms with E-state index in [1.807, 2.05) is 352 Å². The highest BCUT2D eigenvalue weighted by Gasteiger charge is 2.28. The van der Waals surface area contributed by atoms with E-state index in [-0.39, 0.29) is 67.3 Å². The lowest BCUT2D eigenvalue weighted by molar-refractivity contribution is -0.121. The van der Waals surface area contributed by atoms with Crippen LogP contribution in [-0.2, 0) is 107 Å². The van der Waals surface area contributed by atoms with Crippen molar-refractivity contribution in [1.82, 2.24) is 10.0 Å². The van der Waals surface area contributed by atoms with Crippen LogP contribution in [0.3, 0.4) is 0 Å². The lowest BCUT2D eigenvalue weighted by atomic mass is 10.1. The molecule has 1 fully saturated rings. The Kier molecular flexibility index (Phi) is 32.1. The Morgan fingerprint density at radius 3 is 0.616 bits per heavy atom. The fourth-order valence-electron chi connectivity index (χ4n) is 15.2. The lowest BCUT2D eigenvalue weighted by Gasteiger charge is -2.17. The molecule has 3 N–H and O–H groups in total. The molecule has 2 amide bonds. The van der Waals surface area contributed by atoms with Crippen LogP contribution in [0.1, 0.15) is 101 Å². The molecule has 0 bridgehead atoms. The zero-order valence-electron chi connectivity index (χ0n) is 75.9. The minimum Gasteiger partial charge on any atom is -0.489 e. The van der Waals surface area contributed by atoms with Crippen molar-refractivity contribution in [2.45, 2.75) is 116 Å². The maximum atomic E-state index is 15.0. The van der Waals surface area contributed by atoms with E-state index < -0.39 is 27.9 Å². The van der Waals surface area contributed by atoms with Crippen LogP contribution >= 0.6 is 0 Å². The van der Waals surface area contributed by atoms with E-state index in [4.69, 9.17) is 66.3 Å². The van der Waals surface area contributed by atoms with Gasteiger partial charge in [0, 0.05) is 53.7 Å². The average Bonchev–Trinajstić information content (AvgIpc) is 1.04. The number of rotatable bonds is 47. The highest BCUT2D eigenvalue weighted by Crippen LogP contribution is 2.37. The number of nitrogens with one attached hydrogen (secondary N) is 3. The molecule has 22 heteroatoms. The standard InChI is InChI=1S/C116H103N3O18S/c120-115(118-98-43-45-113(46-44-98)138(122,123)119-116(121)114-42-25-47-117-114)97-60-111(136-81-95-56-107(132-77-91-48-99(124-69-83-26-9-1-10-27-83)62-100(49-91)125-70-84-28-11-2-12-29-84)66-108(57-95)133-78-92-50-101(126-71-85-30-13-3-14-31-85)63-102(51-92)127-72-86-32-15-4-16-33-86)68-112(61-97)137-82-96-58-109(134-79-93-52-103(128-73-87-34-17-5-18-35-87)64-104(53-93)129-74-88-36-19-6-20-37-88)67-110(59-96)135-80-94-54-105(130-75-89-38-21-7-22-39-89)65-106(55-94)131-76-90-40-23-8-24-41-90/h1-24,26-41,43-46,48-68,114,117H,25,42,47,69-82H2,(H,118,120)(H,119,121)/t114-/m0/s1. The van der Waals surface area contributed by atoms with Gasteiger partial charge in [-0.1, -0.05) is 243 Å². The van der Waals surface area contributed by atoms with Crippen molar-refractivity contribution >= 4 is 27.5 Å². The number of hydrogen-bond acceptors (Lipinski definition) is 19. The van der Waals surface area contributed by atoms with Gasteiger partial charge in [-0.3, -0.25) is 9.59 Å². The molecule has 0 spiro atoms. The summed E-state index contributed by atoms with van der Waals surface area (Å²) in [7, 11) is -4.29. The number of carbonyl (C=O) groups excluding carboxylic acids is 2. The molecular formula is C116H103N3O18S. The Morgan fingerprint density at radius 1 is 0.239 bits per heavy atom. The molecule has 16 aromatic carbocycles. The molecular weight excluding hydrogens is 1760 g/mol. The molecule has 16 aromatic rings. The van der Waals surface area contributed by atoms with Gasteiger partial charge < -0.3 is 76.9 Å². The molecule has 0 saturated carbocycles. The fraction of sp³-hybridized carbons (Fsp3) is 0.155. The third-order valence-corrected chi connectivity index (χ3v) is 23.6. The normalized spacial score (nSPS) is 12.1. The second-order valence-corrected chi connectivity index (χ2v) is 34.8. The number of benzene rings is 16. The van der Waals surface area contributed by atoms with Gasteiger partial charge in [0.05, 0.1) is 10.9 Å². The number of carbonyl (C=O) groups is 2. The minimum atomic E-state index is -4.29. The maximum absolute atomic E-state index is 15.0. The smallest absolute Gasteiger partial charge is 0.264 e. The molecule has 0 aromatic heterocycles. The van der Waals surface area contributed by atoms with Crippen molar-refractivity contribution < 1.29 is 84.3 Å². The summed E-state index contributed by atoms with van der Waals surface area (Å²) in [5.41, 5.74) is 12.6. The Hall–Kier alpha value is -16.4. The van der Waals surface area contributed by atoms with E-state index in [0.717, 1.165) is 73.2 Å². The summed E-state index contributed by atoms with van der Waals surface area (Å²) in [5.74, 6) is 5.55. The van der Waals surface area contributed by atoms with E-state index >= 15 is 4.79 Å². The zero-order valence-corrected chi connectivity index (χ0v) is 76.7. The van der Waals surface area contributed by atoms with Crippen molar-refractivity contribution in [3.05, 3.63) is 478 Å². The van der Waals surface area contributed by atoms with E-state index in [0.29, 0.717) is 146 Å². The summed E-state index contributed by atoms with van der Waals surface area (Å²) in [6, 6.07) is 123. The molecule has 1 atom stereocenters. The second-order valence-electron chi connectivity index (χ2n) is 33.1. The van der Waals surface area contributed by atoms with Gasteiger partial charge >= 0.3 is 0 Å². The maximum Gasteiger partial charge on any atom is 0.264 e. The van der Waals surface area contributed by atoms with Crippen molar-refractivity contribution in [3.8, 4) is 80.5 Å². The van der Waals surface area contributed by atoms with Crippen LogP contribution in [0.25, 0.3) is 0 Å². The first-order chi connectivity index (χ1) is 67.7. The summed E-state index contributed by atoms with van der Waals surface area (Å²) >= 11 is 0. The third-order valence-electron chi connectivity index (χ3n) is 22.2. The van der Waals surface area contributed by atoms with Gasteiger partial charge in [0.2, 0.25) is 0 Å². The number of ether oxygens (including phenoxy) is 14. The quantitative estimate of drug-likeness (QED) is 0.0322. The number of sulfonamides is 1. The Balaban J connectivity index is 0.692. The minimum absolute atomic E-state index is 0.0695. The van der Waals surface area contributed by atoms with Gasteiger partial charge in [0.25, 0.3) is 21.8 Å². The molecule has 0 aliphatic carbocycles. The lowest BCUT2D eigenvalue weighted by Crippen LogP contribution is -2.43. The predicted octanol–water partition coefficient (Wildman–Crippen LogP) is 23.6. The van der Waals surface area contributed by atoms with Crippen molar-refractivity contribution in [3.63, 3.8) is 0 Å². The number of anilines is 1. The van der Waals surface area contributed by atoms with Crippen molar-refractivity contribution in [1.29, 1.82) is 0 Å². The van der Waals surface area contributed by atoms with Gasteiger partial charge in [-0.2, -0.15) is 0 Å². The van der Waals surface area contributed by atoms with Crippen LogP contribution in [0.15, 0.2) is 399 Å². The van der Waals surface area contributed by atoms with Crippen LogP contribution < -0.4 is 81.7 Å². The highest BCUT2D eigenvalue weighted by atomic mass is 32.2. The number of amides is 2. The molecule has 21 nitrogen and oxygen atoms in total. The van der Waals surface area contributed by atoms with Gasteiger partial charge in [-0.25, -0.2) is 13.1 Å². The van der Waals surface area contributed by atoms with E-state index in [1.54, 1.807) is 18.2 Å². The molecule has 0 unspecified atom stereocenters. The van der Waals surface area contributed by atoms with Gasteiger partial charge in [0.15, 0.2) is 0 Å². The molecule has 1 heterocycles. The Morgan fingerprint density at radius 2 is 0.428 bits per heavy atom. The van der Waals surface area contributed by atoms with E-state index in [1.165, 1.54) is 24.3 Å². The first-order valence-corrected chi connectivity index (χ1v) is 47.1. The summed E-state index contributed by atoms with van der Waals surface area (Å²) < 4.78 is 122. The van der Waals surface area contributed by atoms with E-state index in [9.17, 15) is 13.2 Å². The Bertz CT molecular complexity index is 5870. The molecule has 1 aliphatic heterocycles. The predicted molar refractivity (Wildman–Crippen MR) is 528 cm³/mol. The second kappa shape index (κ2) is 47.5. The zero-order chi connectivity index (χ0) is 94.1. The molecule has 17 rings (SSSR count). The van der Waals surface area contributed by atoms with Crippen LogP contribution in [0.5, 0.6) is 80.5 Å². The largest absolute Gasteiger partial charge is 0.489 e.